The van der Waals surface area contributed by atoms with E-state index in [0.29, 0.717) is 5.78 Å². The highest BCUT2D eigenvalue weighted by Crippen LogP contribution is 2.32. The maximum atomic E-state index is 12.3. The van der Waals surface area contributed by atoms with Crippen LogP contribution in [0.15, 0.2) is 9.85 Å². The fourth-order valence-corrected chi connectivity index (χ4v) is 3.88. The van der Waals surface area contributed by atoms with Gasteiger partial charge in [-0.3, -0.25) is 4.79 Å². The van der Waals surface area contributed by atoms with Crippen molar-refractivity contribution in [3.63, 3.8) is 0 Å². The first-order valence-corrected chi connectivity index (χ1v) is 7.59. The van der Waals surface area contributed by atoms with Gasteiger partial charge < -0.3 is 0 Å². The maximum absolute atomic E-state index is 12.3. The molecule has 1 aromatic heterocycles. The lowest BCUT2D eigenvalue weighted by atomic mass is 9.94. The van der Waals surface area contributed by atoms with Gasteiger partial charge in [0.05, 0.1) is 8.66 Å². The van der Waals surface area contributed by atoms with Crippen molar-refractivity contribution in [2.75, 3.05) is 0 Å². The molecule has 1 aliphatic rings. The van der Waals surface area contributed by atoms with Crippen molar-refractivity contribution in [3.05, 3.63) is 20.3 Å². The van der Waals surface area contributed by atoms with Gasteiger partial charge in [0.25, 0.3) is 0 Å². The van der Waals surface area contributed by atoms with Crippen LogP contribution in [0, 0.1) is 12.8 Å². The summed E-state index contributed by atoms with van der Waals surface area (Å²) in [6, 6.07) is 2.03. The molecule has 0 radical (unpaired) electrons. The molecule has 1 heterocycles. The van der Waals surface area contributed by atoms with E-state index in [1.165, 1.54) is 31.2 Å². The topological polar surface area (TPSA) is 17.1 Å². The van der Waals surface area contributed by atoms with E-state index in [-0.39, 0.29) is 5.92 Å². The van der Waals surface area contributed by atoms with Gasteiger partial charge in [-0.15, -0.1) is 11.3 Å². The molecule has 2 rings (SSSR count). The summed E-state index contributed by atoms with van der Waals surface area (Å²) in [7, 11) is 0. The van der Waals surface area contributed by atoms with Gasteiger partial charge in [0, 0.05) is 5.92 Å². The molecule has 3 heteroatoms. The number of thiophene rings is 1. The summed E-state index contributed by atoms with van der Waals surface area (Å²) in [5.41, 5.74) is 1.18. The number of carbonyl (C=O) groups is 1. The number of halogens is 1. The number of carbonyl (C=O) groups excluding carboxylic acids is 1. The van der Waals surface area contributed by atoms with Crippen LogP contribution in [0.4, 0.5) is 0 Å². The first-order chi connectivity index (χ1) is 7.68. The average Bonchev–Trinajstić information content (AvgIpc) is 2.51. The quantitative estimate of drug-likeness (QED) is 0.556. The standard InChI is InChI=1S/C13H17BrOS/c1-9-8-11(16-13(9)14)12(15)10-6-4-2-3-5-7-10/h8,10H,2-7H2,1H3. The minimum atomic E-state index is 0.285. The summed E-state index contributed by atoms with van der Waals surface area (Å²) in [4.78, 5) is 13.2. The highest BCUT2D eigenvalue weighted by molar-refractivity contribution is 9.11. The number of ketones is 1. The van der Waals surface area contributed by atoms with Crippen molar-refractivity contribution in [3.8, 4) is 0 Å². The molecule has 0 aromatic carbocycles. The number of hydrogen-bond donors (Lipinski definition) is 0. The second-order valence-electron chi connectivity index (χ2n) is 4.62. The van der Waals surface area contributed by atoms with Gasteiger partial charge in [0.1, 0.15) is 0 Å². The molecule has 0 amide bonds. The Balaban J connectivity index is 2.11. The molecule has 0 unspecified atom stereocenters. The number of hydrogen-bond acceptors (Lipinski definition) is 2. The molecular formula is C13H17BrOS. The van der Waals surface area contributed by atoms with Crippen LogP contribution in [0.2, 0.25) is 0 Å². The molecule has 1 aromatic rings. The Morgan fingerprint density at radius 2 is 1.94 bits per heavy atom. The average molecular weight is 301 g/mol. The first kappa shape index (κ1) is 12.3. The van der Waals surface area contributed by atoms with Crippen molar-refractivity contribution in [1.29, 1.82) is 0 Å². The Labute approximate surface area is 109 Å². The molecule has 1 saturated carbocycles. The third-order valence-corrected chi connectivity index (χ3v) is 5.48. The third-order valence-electron chi connectivity index (χ3n) is 3.33. The van der Waals surface area contributed by atoms with E-state index in [9.17, 15) is 4.79 Å². The van der Waals surface area contributed by atoms with Crippen LogP contribution < -0.4 is 0 Å². The zero-order valence-corrected chi connectivity index (χ0v) is 12.0. The Bertz CT molecular complexity index is 356. The van der Waals surface area contributed by atoms with Gasteiger partial charge >= 0.3 is 0 Å². The van der Waals surface area contributed by atoms with Crippen LogP contribution in [0.25, 0.3) is 0 Å². The molecule has 1 fully saturated rings. The summed E-state index contributed by atoms with van der Waals surface area (Å²) in [5.74, 6) is 0.660. The highest BCUT2D eigenvalue weighted by atomic mass is 79.9. The van der Waals surface area contributed by atoms with E-state index < -0.39 is 0 Å². The van der Waals surface area contributed by atoms with Gasteiger partial charge in [0.2, 0.25) is 0 Å². The molecule has 0 atom stereocenters. The van der Waals surface area contributed by atoms with Crippen LogP contribution in [-0.4, -0.2) is 5.78 Å². The molecule has 0 bridgehead atoms. The summed E-state index contributed by atoms with van der Waals surface area (Å²) in [5, 5.41) is 0. The fourth-order valence-electron chi connectivity index (χ4n) is 2.32. The highest BCUT2D eigenvalue weighted by Gasteiger charge is 2.23. The van der Waals surface area contributed by atoms with E-state index in [4.69, 9.17) is 0 Å². The Morgan fingerprint density at radius 3 is 2.44 bits per heavy atom. The number of rotatable bonds is 2. The van der Waals surface area contributed by atoms with Crippen molar-refractivity contribution in [2.45, 2.75) is 45.4 Å². The van der Waals surface area contributed by atoms with Crippen molar-refractivity contribution < 1.29 is 4.79 Å². The molecule has 16 heavy (non-hydrogen) atoms. The van der Waals surface area contributed by atoms with E-state index in [1.807, 2.05) is 13.0 Å². The molecule has 0 saturated heterocycles. The summed E-state index contributed by atoms with van der Waals surface area (Å²) < 4.78 is 1.10. The van der Waals surface area contributed by atoms with E-state index >= 15 is 0 Å². The third kappa shape index (κ3) is 2.75. The van der Waals surface area contributed by atoms with Crippen molar-refractivity contribution in [2.24, 2.45) is 5.92 Å². The minimum Gasteiger partial charge on any atom is -0.293 e. The SMILES string of the molecule is Cc1cc(C(=O)C2CCCCCC2)sc1Br. The lowest BCUT2D eigenvalue weighted by Gasteiger charge is -2.10. The largest absolute Gasteiger partial charge is 0.293 e. The summed E-state index contributed by atoms with van der Waals surface area (Å²) in [6.07, 6.45) is 7.23. The lowest BCUT2D eigenvalue weighted by molar-refractivity contribution is 0.0912. The van der Waals surface area contributed by atoms with Gasteiger partial charge in [-0.2, -0.15) is 0 Å². The summed E-state index contributed by atoms with van der Waals surface area (Å²) in [6.45, 7) is 2.05. The van der Waals surface area contributed by atoms with Crippen LogP contribution in [0.1, 0.15) is 53.8 Å². The Hall–Kier alpha value is -0.150. The van der Waals surface area contributed by atoms with Crippen LogP contribution in [0.3, 0.4) is 0 Å². The molecule has 0 N–H and O–H groups in total. The molecule has 1 aliphatic carbocycles. The molecule has 0 aliphatic heterocycles. The maximum Gasteiger partial charge on any atom is 0.175 e. The Kier molecular flexibility index (Phi) is 4.20. The fraction of sp³-hybridized carbons (Fsp3) is 0.615. The van der Waals surface area contributed by atoms with E-state index in [2.05, 4.69) is 15.9 Å². The second-order valence-corrected chi connectivity index (χ2v) is 6.99. The van der Waals surface area contributed by atoms with Crippen LogP contribution >= 0.6 is 27.3 Å². The second kappa shape index (κ2) is 5.46. The lowest BCUT2D eigenvalue weighted by Crippen LogP contribution is -2.12. The van der Waals surface area contributed by atoms with Crippen LogP contribution in [0.5, 0.6) is 0 Å². The molecule has 0 spiro atoms. The van der Waals surface area contributed by atoms with Crippen molar-refractivity contribution in [1.82, 2.24) is 0 Å². The predicted molar refractivity (Wildman–Crippen MR) is 72.3 cm³/mol. The van der Waals surface area contributed by atoms with Gasteiger partial charge in [-0.25, -0.2) is 0 Å². The predicted octanol–water partition coefficient (Wildman–Crippen LogP) is 4.97. The van der Waals surface area contributed by atoms with Gasteiger partial charge in [0.15, 0.2) is 5.78 Å². The van der Waals surface area contributed by atoms with Crippen LogP contribution in [-0.2, 0) is 0 Å². The monoisotopic (exact) mass is 300 g/mol. The molecule has 88 valence electrons. The molecule has 1 nitrogen and oxygen atoms in total. The minimum absolute atomic E-state index is 0.285. The zero-order chi connectivity index (χ0) is 11.5. The first-order valence-electron chi connectivity index (χ1n) is 5.98. The zero-order valence-electron chi connectivity index (χ0n) is 9.59. The van der Waals surface area contributed by atoms with E-state index in [1.54, 1.807) is 11.3 Å². The number of Topliss-reactive ketones (excluding diaryl/α,β-unsaturated/α-hetero) is 1. The Morgan fingerprint density at radius 1 is 1.31 bits per heavy atom. The van der Waals surface area contributed by atoms with Gasteiger partial charge in [-0.05, 0) is 47.3 Å². The molecular weight excluding hydrogens is 284 g/mol. The van der Waals surface area contributed by atoms with E-state index in [0.717, 1.165) is 21.5 Å². The normalized spacial score (nSPS) is 18.4. The number of aryl methyl sites for hydroxylation is 1. The van der Waals surface area contributed by atoms with Gasteiger partial charge in [-0.1, -0.05) is 25.7 Å². The summed E-state index contributed by atoms with van der Waals surface area (Å²) >= 11 is 5.08. The smallest absolute Gasteiger partial charge is 0.175 e. The van der Waals surface area contributed by atoms with Crippen molar-refractivity contribution >= 4 is 33.0 Å².